The van der Waals surface area contributed by atoms with Crippen molar-refractivity contribution in [3.63, 3.8) is 0 Å². The average Bonchev–Trinajstić information content (AvgIpc) is 3.38. The topological polar surface area (TPSA) is 91.0 Å². The second-order valence-electron chi connectivity index (χ2n) is 6.92. The van der Waals surface area contributed by atoms with E-state index in [1.165, 1.54) is 7.11 Å². The van der Waals surface area contributed by atoms with Crippen molar-refractivity contribution < 1.29 is 9.53 Å². The number of carbonyl (C=O) groups is 1. The highest BCUT2D eigenvalue weighted by Crippen LogP contribution is 2.28. The number of methoxy groups -OCH3 is 1. The Bertz CT molecular complexity index is 951. The highest BCUT2D eigenvalue weighted by Gasteiger charge is 2.30. The molecule has 3 aromatic heterocycles. The van der Waals surface area contributed by atoms with Crippen LogP contribution in [0.25, 0.3) is 0 Å². The Hall–Kier alpha value is -3.23. The number of piperidine rings is 1. The molecule has 9 heteroatoms. The van der Waals surface area contributed by atoms with Gasteiger partial charge in [0.25, 0.3) is 5.91 Å². The van der Waals surface area contributed by atoms with Crippen molar-refractivity contribution in [3.05, 3.63) is 54.3 Å². The van der Waals surface area contributed by atoms with E-state index in [0.717, 1.165) is 24.5 Å². The summed E-state index contributed by atoms with van der Waals surface area (Å²) in [7, 11) is 3.51. The van der Waals surface area contributed by atoms with Crippen molar-refractivity contribution in [2.45, 2.75) is 25.3 Å². The van der Waals surface area contributed by atoms with Crippen LogP contribution in [0.15, 0.2) is 37.1 Å². The Kier molecular flexibility index (Phi) is 5.05. The summed E-state index contributed by atoms with van der Waals surface area (Å²) in [4.78, 5) is 23.1. The molecule has 28 heavy (non-hydrogen) atoms. The number of likely N-dealkylation sites (tertiary alicyclic amines) is 1. The van der Waals surface area contributed by atoms with Crippen LogP contribution < -0.4 is 4.74 Å². The maximum absolute atomic E-state index is 13.0. The highest BCUT2D eigenvalue weighted by molar-refractivity contribution is 5.96. The van der Waals surface area contributed by atoms with Gasteiger partial charge in [-0.25, -0.2) is 9.97 Å². The summed E-state index contributed by atoms with van der Waals surface area (Å²) in [6.45, 7) is 1.94. The molecule has 0 unspecified atom stereocenters. The fourth-order valence-electron chi connectivity index (χ4n) is 3.67. The van der Waals surface area contributed by atoms with Gasteiger partial charge in [-0.2, -0.15) is 0 Å². The number of ether oxygens (including phenoxy) is 1. The number of imidazole rings is 1. The lowest BCUT2D eigenvalue weighted by atomic mass is 9.96. The van der Waals surface area contributed by atoms with E-state index < -0.39 is 0 Å². The molecule has 1 atom stereocenters. The molecule has 146 valence electrons. The summed E-state index contributed by atoms with van der Waals surface area (Å²) in [6.07, 6.45) is 8.92. The van der Waals surface area contributed by atoms with Crippen LogP contribution in [-0.4, -0.2) is 60.3 Å². The number of pyridine rings is 1. The number of hydrogen-bond acceptors (Lipinski definition) is 6. The molecule has 1 saturated heterocycles. The lowest BCUT2D eigenvalue weighted by Gasteiger charge is -2.32. The van der Waals surface area contributed by atoms with Gasteiger partial charge in [0.2, 0.25) is 5.88 Å². The Morgan fingerprint density at radius 2 is 2.21 bits per heavy atom. The minimum absolute atomic E-state index is 0.0598. The summed E-state index contributed by atoms with van der Waals surface area (Å²) in [6, 6.07) is 3.51. The lowest BCUT2D eigenvalue weighted by Crippen LogP contribution is -2.40. The zero-order valence-electron chi connectivity index (χ0n) is 16.0. The first-order valence-corrected chi connectivity index (χ1v) is 9.29. The van der Waals surface area contributed by atoms with Gasteiger partial charge in [-0.15, -0.1) is 10.2 Å². The zero-order valence-corrected chi connectivity index (χ0v) is 16.0. The van der Waals surface area contributed by atoms with Crippen molar-refractivity contribution in [1.82, 2.24) is 34.2 Å². The molecule has 4 rings (SSSR count). The largest absolute Gasteiger partial charge is 0.480 e. The zero-order chi connectivity index (χ0) is 19.5. The second-order valence-corrected chi connectivity index (χ2v) is 6.92. The molecule has 0 N–H and O–H groups in total. The van der Waals surface area contributed by atoms with Crippen molar-refractivity contribution >= 4 is 5.91 Å². The van der Waals surface area contributed by atoms with Crippen LogP contribution >= 0.6 is 0 Å². The van der Waals surface area contributed by atoms with E-state index in [2.05, 4.69) is 20.2 Å². The van der Waals surface area contributed by atoms with Crippen LogP contribution in [0.2, 0.25) is 0 Å². The van der Waals surface area contributed by atoms with Crippen LogP contribution in [0.4, 0.5) is 0 Å². The molecule has 0 aliphatic carbocycles. The maximum Gasteiger partial charge on any atom is 0.259 e. The summed E-state index contributed by atoms with van der Waals surface area (Å²) in [5.41, 5.74) is 0.490. The summed E-state index contributed by atoms with van der Waals surface area (Å²) < 4.78 is 9.24. The molecule has 0 saturated carbocycles. The van der Waals surface area contributed by atoms with E-state index in [4.69, 9.17) is 4.74 Å². The van der Waals surface area contributed by atoms with E-state index in [1.54, 1.807) is 30.9 Å². The van der Waals surface area contributed by atoms with Gasteiger partial charge in [0, 0.05) is 44.6 Å². The molecule has 1 aliphatic heterocycles. The number of carbonyl (C=O) groups excluding carboxylic acids is 1. The molecule has 1 aliphatic rings. The molecule has 3 aromatic rings. The van der Waals surface area contributed by atoms with Crippen LogP contribution in [0.3, 0.4) is 0 Å². The third-order valence-corrected chi connectivity index (χ3v) is 5.15. The number of rotatable bonds is 5. The van der Waals surface area contributed by atoms with E-state index in [9.17, 15) is 4.79 Å². The summed E-state index contributed by atoms with van der Waals surface area (Å²) in [5, 5.41) is 8.78. The molecular weight excluding hydrogens is 358 g/mol. The van der Waals surface area contributed by atoms with Gasteiger partial charge >= 0.3 is 0 Å². The predicted molar refractivity (Wildman–Crippen MR) is 101 cm³/mol. The van der Waals surface area contributed by atoms with Crippen molar-refractivity contribution in [3.8, 4) is 5.88 Å². The first-order chi connectivity index (χ1) is 13.7. The summed E-state index contributed by atoms with van der Waals surface area (Å²) in [5.74, 6) is 2.22. The summed E-state index contributed by atoms with van der Waals surface area (Å²) >= 11 is 0. The fraction of sp³-hybridized carbons (Fsp3) is 0.421. The molecule has 9 nitrogen and oxygen atoms in total. The van der Waals surface area contributed by atoms with E-state index >= 15 is 0 Å². The van der Waals surface area contributed by atoms with E-state index in [0.29, 0.717) is 31.1 Å². The number of hydrogen-bond donors (Lipinski definition) is 0. The van der Waals surface area contributed by atoms with E-state index in [-0.39, 0.29) is 11.8 Å². The molecule has 1 amide bonds. The molecule has 0 aromatic carbocycles. The standard InChI is InChI=1S/C19H23N7O2/c1-24-16(12-25-10-8-20-13-25)22-23-17(24)14-5-4-9-26(11-14)19(27)15-6-3-7-21-18(15)28-2/h3,6-8,10,13-14H,4-5,9,11-12H2,1-2H3/t14-/m0/s1. The number of aromatic nitrogens is 6. The predicted octanol–water partition coefficient (Wildman–Crippen LogP) is 1.48. The van der Waals surface area contributed by atoms with Gasteiger partial charge in [-0.05, 0) is 25.0 Å². The third kappa shape index (κ3) is 3.47. The number of nitrogens with zero attached hydrogens (tertiary/aromatic N) is 7. The molecule has 0 bridgehead atoms. The molecule has 4 heterocycles. The second kappa shape index (κ2) is 7.79. The van der Waals surface area contributed by atoms with Crippen molar-refractivity contribution in [2.75, 3.05) is 20.2 Å². The Labute approximate surface area is 163 Å². The SMILES string of the molecule is COc1ncccc1C(=O)N1CCC[C@H](c2nnc(Cn3ccnc3)n2C)C1. The van der Waals surface area contributed by atoms with Gasteiger partial charge < -0.3 is 18.8 Å². The first-order valence-electron chi connectivity index (χ1n) is 9.29. The van der Waals surface area contributed by atoms with Gasteiger partial charge in [0.1, 0.15) is 11.4 Å². The van der Waals surface area contributed by atoms with Gasteiger partial charge in [-0.1, -0.05) is 0 Å². The molecule has 0 spiro atoms. The Morgan fingerprint density at radius 1 is 1.32 bits per heavy atom. The molecule has 1 fully saturated rings. The maximum atomic E-state index is 13.0. The quantitative estimate of drug-likeness (QED) is 0.665. The van der Waals surface area contributed by atoms with Crippen molar-refractivity contribution in [1.29, 1.82) is 0 Å². The Balaban J connectivity index is 1.51. The van der Waals surface area contributed by atoms with Gasteiger partial charge in [0.15, 0.2) is 5.82 Å². The smallest absolute Gasteiger partial charge is 0.259 e. The number of amides is 1. The fourth-order valence-corrected chi connectivity index (χ4v) is 3.67. The van der Waals surface area contributed by atoms with Crippen LogP contribution in [-0.2, 0) is 13.6 Å². The molecular formula is C19H23N7O2. The monoisotopic (exact) mass is 381 g/mol. The minimum Gasteiger partial charge on any atom is -0.480 e. The first kappa shape index (κ1) is 18.1. The third-order valence-electron chi connectivity index (χ3n) is 5.15. The highest BCUT2D eigenvalue weighted by atomic mass is 16.5. The normalized spacial score (nSPS) is 16.9. The van der Waals surface area contributed by atoms with Gasteiger partial charge in [0.05, 0.1) is 20.0 Å². The van der Waals surface area contributed by atoms with Crippen LogP contribution in [0.1, 0.15) is 40.8 Å². The Morgan fingerprint density at radius 3 is 3.00 bits per heavy atom. The van der Waals surface area contributed by atoms with Crippen LogP contribution in [0.5, 0.6) is 5.88 Å². The average molecular weight is 381 g/mol. The van der Waals surface area contributed by atoms with E-state index in [1.807, 2.05) is 27.3 Å². The van der Waals surface area contributed by atoms with Crippen LogP contribution in [0, 0.1) is 0 Å². The minimum atomic E-state index is -0.0598. The van der Waals surface area contributed by atoms with Crippen molar-refractivity contribution in [2.24, 2.45) is 7.05 Å². The van der Waals surface area contributed by atoms with Gasteiger partial charge in [-0.3, -0.25) is 4.79 Å². The lowest BCUT2D eigenvalue weighted by molar-refractivity contribution is 0.0699. The molecule has 0 radical (unpaired) electrons.